The summed E-state index contributed by atoms with van der Waals surface area (Å²) in [4.78, 5) is 0. The second kappa shape index (κ2) is 5.77. The van der Waals surface area contributed by atoms with E-state index in [-0.39, 0.29) is 6.10 Å². The Kier molecular flexibility index (Phi) is 5.78. The average molecular weight is 162 g/mol. The van der Waals surface area contributed by atoms with Crippen LogP contribution < -0.4 is 0 Å². The smallest absolute Gasteiger partial charge is 0.0819 e. The quantitative estimate of drug-likeness (QED) is 0.378. The van der Waals surface area contributed by atoms with E-state index in [0.717, 1.165) is 5.57 Å². The standard InChI is InChI=1S/C7H14O2S/c1-6(2)4-9-10-5-7(3)8/h7-8H,1,4-5H2,2-3H3. The molecule has 10 heavy (non-hydrogen) atoms. The Morgan fingerprint density at radius 2 is 2.40 bits per heavy atom. The highest BCUT2D eigenvalue weighted by Gasteiger charge is 1.95. The normalized spacial score (nSPS) is 13.1. The second-order valence-corrected chi connectivity index (χ2v) is 3.16. The molecule has 0 heterocycles. The number of hydrogen-bond acceptors (Lipinski definition) is 3. The van der Waals surface area contributed by atoms with Crippen LogP contribution in [0.15, 0.2) is 12.2 Å². The van der Waals surface area contributed by atoms with E-state index in [1.54, 1.807) is 6.92 Å². The van der Waals surface area contributed by atoms with Crippen molar-refractivity contribution < 1.29 is 9.29 Å². The summed E-state index contributed by atoms with van der Waals surface area (Å²) < 4.78 is 5.06. The first-order valence-corrected chi connectivity index (χ1v) is 4.11. The van der Waals surface area contributed by atoms with Gasteiger partial charge in [-0.25, -0.2) is 0 Å². The monoisotopic (exact) mass is 162 g/mol. The van der Waals surface area contributed by atoms with Crippen molar-refractivity contribution in [2.45, 2.75) is 20.0 Å². The number of aliphatic hydroxyl groups excluding tert-OH is 1. The van der Waals surface area contributed by atoms with Crippen LogP contribution >= 0.6 is 12.0 Å². The van der Waals surface area contributed by atoms with Gasteiger partial charge in [0, 0.05) is 5.75 Å². The van der Waals surface area contributed by atoms with Crippen LogP contribution in [0, 0.1) is 0 Å². The Labute approximate surface area is 66.5 Å². The van der Waals surface area contributed by atoms with Crippen LogP contribution in [-0.2, 0) is 4.18 Å². The molecular weight excluding hydrogens is 148 g/mol. The van der Waals surface area contributed by atoms with Gasteiger partial charge in [-0.3, -0.25) is 0 Å². The van der Waals surface area contributed by atoms with E-state index in [4.69, 9.17) is 9.29 Å². The molecule has 0 amide bonds. The average Bonchev–Trinajstić information content (AvgIpc) is 1.79. The molecule has 1 unspecified atom stereocenters. The minimum Gasteiger partial charge on any atom is -0.392 e. The van der Waals surface area contributed by atoms with E-state index in [0.29, 0.717) is 12.4 Å². The van der Waals surface area contributed by atoms with Crippen LogP contribution in [0.4, 0.5) is 0 Å². The Bertz CT molecular complexity index is 102. The van der Waals surface area contributed by atoms with Crippen molar-refractivity contribution in [2.24, 2.45) is 0 Å². The molecule has 0 saturated heterocycles. The molecule has 0 aliphatic carbocycles. The van der Waals surface area contributed by atoms with Gasteiger partial charge in [0.1, 0.15) is 0 Å². The first kappa shape index (κ1) is 10.0. The van der Waals surface area contributed by atoms with E-state index < -0.39 is 0 Å². The summed E-state index contributed by atoms with van der Waals surface area (Å²) in [7, 11) is 0. The molecule has 1 N–H and O–H groups in total. The van der Waals surface area contributed by atoms with Crippen LogP contribution in [-0.4, -0.2) is 23.6 Å². The molecule has 0 aliphatic rings. The summed E-state index contributed by atoms with van der Waals surface area (Å²) in [5, 5.41) is 8.79. The van der Waals surface area contributed by atoms with Crippen LogP contribution in [0.5, 0.6) is 0 Å². The first-order valence-electron chi connectivity index (χ1n) is 3.19. The predicted molar refractivity (Wildman–Crippen MR) is 44.9 cm³/mol. The van der Waals surface area contributed by atoms with Gasteiger partial charge in [0.05, 0.1) is 12.7 Å². The SMILES string of the molecule is C=C(C)COSCC(C)O. The maximum absolute atomic E-state index is 8.79. The third-order valence-electron chi connectivity index (χ3n) is 0.698. The van der Waals surface area contributed by atoms with Crippen molar-refractivity contribution in [3.05, 3.63) is 12.2 Å². The molecule has 2 nitrogen and oxygen atoms in total. The highest BCUT2D eigenvalue weighted by atomic mass is 32.2. The van der Waals surface area contributed by atoms with Gasteiger partial charge in [-0.15, -0.1) is 0 Å². The van der Waals surface area contributed by atoms with E-state index in [2.05, 4.69) is 6.58 Å². The maximum Gasteiger partial charge on any atom is 0.0819 e. The van der Waals surface area contributed by atoms with Gasteiger partial charge in [0.2, 0.25) is 0 Å². The molecule has 0 aromatic rings. The molecule has 0 aliphatic heterocycles. The molecule has 0 aromatic heterocycles. The largest absolute Gasteiger partial charge is 0.392 e. The van der Waals surface area contributed by atoms with Crippen molar-refractivity contribution >= 4 is 12.0 Å². The fraction of sp³-hybridized carbons (Fsp3) is 0.714. The molecule has 0 fully saturated rings. The highest BCUT2D eigenvalue weighted by Crippen LogP contribution is 2.05. The van der Waals surface area contributed by atoms with Gasteiger partial charge < -0.3 is 9.29 Å². The van der Waals surface area contributed by atoms with Gasteiger partial charge in [0.25, 0.3) is 0 Å². The van der Waals surface area contributed by atoms with E-state index in [1.807, 2.05) is 6.92 Å². The van der Waals surface area contributed by atoms with Crippen LogP contribution in [0.3, 0.4) is 0 Å². The molecule has 0 aromatic carbocycles. The summed E-state index contributed by atoms with van der Waals surface area (Å²) in [5.74, 6) is 0.618. The fourth-order valence-corrected chi connectivity index (χ4v) is 0.867. The lowest BCUT2D eigenvalue weighted by atomic mass is 10.4. The molecular formula is C7H14O2S. The van der Waals surface area contributed by atoms with Crippen LogP contribution in [0.1, 0.15) is 13.8 Å². The summed E-state index contributed by atoms with van der Waals surface area (Å²) in [6, 6.07) is 0. The maximum atomic E-state index is 8.79. The molecule has 0 spiro atoms. The minimum absolute atomic E-state index is 0.296. The second-order valence-electron chi connectivity index (χ2n) is 2.35. The Hall–Kier alpha value is 0.01000. The van der Waals surface area contributed by atoms with E-state index >= 15 is 0 Å². The van der Waals surface area contributed by atoms with Crippen LogP contribution in [0.2, 0.25) is 0 Å². The molecule has 1 atom stereocenters. The topological polar surface area (TPSA) is 29.5 Å². The molecule has 0 saturated carbocycles. The van der Waals surface area contributed by atoms with Gasteiger partial charge in [-0.2, -0.15) is 0 Å². The van der Waals surface area contributed by atoms with Gasteiger partial charge >= 0.3 is 0 Å². The summed E-state index contributed by atoms with van der Waals surface area (Å²) >= 11 is 1.28. The molecule has 0 radical (unpaired) electrons. The third-order valence-corrected chi connectivity index (χ3v) is 1.60. The number of rotatable bonds is 5. The van der Waals surface area contributed by atoms with Crippen molar-refractivity contribution in [3.63, 3.8) is 0 Å². The lowest BCUT2D eigenvalue weighted by molar-refractivity contribution is 0.218. The van der Waals surface area contributed by atoms with E-state index in [9.17, 15) is 0 Å². The minimum atomic E-state index is -0.296. The Morgan fingerprint density at radius 3 is 2.80 bits per heavy atom. The van der Waals surface area contributed by atoms with Gasteiger partial charge in [-0.1, -0.05) is 12.2 Å². The van der Waals surface area contributed by atoms with Crippen molar-refractivity contribution in [3.8, 4) is 0 Å². The van der Waals surface area contributed by atoms with Gasteiger partial charge in [0.15, 0.2) is 0 Å². The molecule has 3 heteroatoms. The lowest BCUT2D eigenvalue weighted by Gasteiger charge is -2.03. The zero-order valence-corrected chi connectivity index (χ0v) is 7.28. The summed E-state index contributed by atoms with van der Waals surface area (Å²) in [6.45, 7) is 7.88. The lowest BCUT2D eigenvalue weighted by Crippen LogP contribution is -2.03. The van der Waals surface area contributed by atoms with Crippen LogP contribution in [0.25, 0.3) is 0 Å². The van der Waals surface area contributed by atoms with Crippen molar-refractivity contribution in [2.75, 3.05) is 12.4 Å². The predicted octanol–water partition coefficient (Wildman–Crippen LogP) is 1.61. The highest BCUT2D eigenvalue weighted by molar-refractivity contribution is 7.94. The van der Waals surface area contributed by atoms with Crippen molar-refractivity contribution in [1.29, 1.82) is 0 Å². The van der Waals surface area contributed by atoms with E-state index in [1.165, 1.54) is 12.0 Å². The van der Waals surface area contributed by atoms with Crippen molar-refractivity contribution in [1.82, 2.24) is 0 Å². The first-order chi connectivity index (χ1) is 4.63. The zero-order chi connectivity index (χ0) is 7.98. The fourth-order valence-electron chi connectivity index (χ4n) is 0.289. The Morgan fingerprint density at radius 1 is 1.80 bits per heavy atom. The number of hydrogen-bond donors (Lipinski definition) is 1. The summed E-state index contributed by atoms with van der Waals surface area (Å²) in [6.07, 6.45) is -0.296. The summed E-state index contributed by atoms with van der Waals surface area (Å²) in [5.41, 5.74) is 0.998. The number of aliphatic hydroxyl groups is 1. The molecule has 60 valence electrons. The Balaban J connectivity index is 2.98. The molecule has 0 bridgehead atoms. The zero-order valence-electron chi connectivity index (χ0n) is 6.46. The molecule has 0 rings (SSSR count). The third kappa shape index (κ3) is 8.01. The van der Waals surface area contributed by atoms with Gasteiger partial charge in [-0.05, 0) is 25.9 Å².